The molecule has 16 heavy (non-hydrogen) atoms. The summed E-state index contributed by atoms with van der Waals surface area (Å²) in [5, 5.41) is 7.98. The summed E-state index contributed by atoms with van der Waals surface area (Å²) >= 11 is 0. The molecule has 3 aliphatic rings. The number of amides is 1. The highest BCUT2D eigenvalue weighted by Gasteiger charge is 2.32. The van der Waals surface area contributed by atoms with Crippen LogP contribution in [0.4, 0.5) is 0 Å². The second kappa shape index (κ2) is 3.71. The minimum atomic E-state index is -0.281. The number of rotatable bonds is 1. The Morgan fingerprint density at radius 3 is 2.88 bits per heavy atom. The van der Waals surface area contributed by atoms with Crippen LogP contribution >= 0.6 is 0 Å². The van der Waals surface area contributed by atoms with Gasteiger partial charge in [0.2, 0.25) is 0 Å². The van der Waals surface area contributed by atoms with Crippen LogP contribution in [-0.2, 0) is 9.53 Å². The Labute approximate surface area is 91.8 Å². The summed E-state index contributed by atoms with van der Waals surface area (Å²) in [6.07, 6.45) is 2.98. The van der Waals surface area contributed by atoms with Crippen LogP contribution in [0.25, 0.3) is 0 Å². The molecule has 0 bridgehead atoms. The predicted octanol–water partition coefficient (Wildman–Crippen LogP) is 1.10. The monoisotopic (exact) mass is 218 g/mol. The molecular weight excluding hydrogens is 208 g/mol. The lowest BCUT2D eigenvalue weighted by Gasteiger charge is -2.21. The Hall–Kier alpha value is -1.69. The van der Waals surface area contributed by atoms with Crippen LogP contribution in [0, 0.1) is 5.92 Å². The number of hydrogen-bond acceptors (Lipinski definition) is 5. The largest absolute Gasteiger partial charge is 0.381 e. The first-order valence-electron chi connectivity index (χ1n) is 5.25. The highest BCUT2D eigenvalue weighted by molar-refractivity contribution is 6.27. The van der Waals surface area contributed by atoms with Gasteiger partial charge in [0.25, 0.3) is 5.91 Å². The summed E-state index contributed by atoms with van der Waals surface area (Å²) in [7, 11) is 0. The van der Waals surface area contributed by atoms with Gasteiger partial charge in [-0.15, -0.1) is 5.11 Å². The van der Waals surface area contributed by atoms with Crippen molar-refractivity contribution in [2.24, 2.45) is 26.1 Å². The molecule has 3 rings (SSSR count). The molecule has 6 heteroatoms. The molecule has 0 atom stereocenters. The zero-order valence-corrected chi connectivity index (χ0v) is 8.59. The molecule has 0 saturated carbocycles. The van der Waals surface area contributed by atoms with E-state index in [-0.39, 0.29) is 11.8 Å². The van der Waals surface area contributed by atoms with Gasteiger partial charge in [-0.3, -0.25) is 4.79 Å². The molecule has 6 nitrogen and oxygen atoms in total. The van der Waals surface area contributed by atoms with E-state index in [1.165, 1.54) is 6.34 Å². The maximum absolute atomic E-state index is 11.6. The van der Waals surface area contributed by atoms with E-state index in [0.717, 1.165) is 18.5 Å². The lowest BCUT2D eigenvalue weighted by molar-refractivity contribution is -0.114. The lowest BCUT2D eigenvalue weighted by Crippen LogP contribution is -2.20. The van der Waals surface area contributed by atoms with Gasteiger partial charge in [-0.2, -0.15) is 10.1 Å². The van der Waals surface area contributed by atoms with Crippen molar-refractivity contribution in [3.05, 3.63) is 11.3 Å². The smallest absolute Gasteiger partial charge is 0.284 e. The Balaban J connectivity index is 1.97. The number of nitrogens with zero attached hydrogens (tertiary/aromatic N) is 4. The molecule has 3 aliphatic heterocycles. The van der Waals surface area contributed by atoms with Gasteiger partial charge in [-0.25, -0.2) is 4.99 Å². The average molecular weight is 218 g/mol. The van der Waals surface area contributed by atoms with Crippen molar-refractivity contribution in [1.82, 2.24) is 0 Å². The molecule has 3 heterocycles. The molecule has 0 spiro atoms. The number of carbonyl (C=O) groups is 1. The molecule has 82 valence electrons. The standard InChI is InChI=1S/C10H10N4O2/c15-10-7-8(6-1-3-16-4-2-6)13-14-9(7)11-5-12-10/h5-6H,1-4H2. The number of amidine groups is 1. The molecule has 0 N–H and O–H groups in total. The Morgan fingerprint density at radius 1 is 1.25 bits per heavy atom. The first-order valence-corrected chi connectivity index (χ1v) is 5.25. The lowest BCUT2D eigenvalue weighted by atomic mass is 9.93. The number of aliphatic imine (C=N–C) groups is 2. The fourth-order valence-electron chi connectivity index (χ4n) is 2.07. The van der Waals surface area contributed by atoms with Crippen molar-refractivity contribution in [3.8, 4) is 0 Å². The summed E-state index contributed by atoms with van der Waals surface area (Å²) in [5.74, 6) is 0.371. The minimum absolute atomic E-state index is 0.248. The zero-order chi connectivity index (χ0) is 11.0. The van der Waals surface area contributed by atoms with Gasteiger partial charge in [-0.05, 0) is 12.8 Å². The fourth-order valence-corrected chi connectivity index (χ4v) is 2.07. The molecule has 0 aromatic carbocycles. The molecule has 0 aromatic heterocycles. The SMILES string of the molecule is O=C1N=CN=C2N=NC(C3CCOCC3)=C12. The van der Waals surface area contributed by atoms with Gasteiger partial charge < -0.3 is 4.74 Å². The molecule has 1 fully saturated rings. The normalized spacial score (nSPS) is 25.0. The quantitative estimate of drug-likeness (QED) is 0.660. The number of ether oxygens (including phenoxy) is 1. The summed E-state index contributed by atoms with van der Waals surface area (Å²) in [6.45, 7) is 1.42. The van der Waals surface area contributed by atoms with Crippen molar-refractivity contribution in [1.29, 1.82) is 0 Å². The molecular formula is C10H10N4O2. The molecule has 1 amide bonds. The Bertz CT molecular complexity index is 455. The molecule has 1 saturated heterocycles. The molecule has 0 unspecified atom stereocenters. The van der Waals surface area contributed by atoms with E-state index in [0.29, 0.717) is 24.6 Å². The van der Waals surface area contributed by atoms with Gasteiger partial charge >= 0.3 is 0 Å². The molecule has 0 aromatic rings. The van der Waals surface area contributed by atoms with Gasteiger partial charge in [0, 0.05) is 19.1 Å². The van der Waals surface area contributed by atoms with E-state index in [9.17, 15) is 4.79 Å². The Kier molecular flexibility index (Phi) is 2.21. The van der Waals surface area contributed by atoms with Gasteiger partial charge in [0.1, 0.15) is 11.9 Å². The van der Waals surface area contributed by atoms with Crippen molar-refractivity contribution in [2.75, 3.05) is 13.2 Å². The second-order valence-electron chi connectivity index (χ2n) is 3.85. The summed E-state index contributed by atoms with van der Waals surface area (Å²) in [4.78, 5) is 19.2. The van der Waals surface area contributed by atoms with Crippen LogP contribution in [0.2, 0.25) is 0 Å². The maximum Gasteiger partial charge on any atom is 0.284 e. The van der Waals surface area contributed by atoms with Gasteiger partial charge in [0.15, 0.2) is 5.84 Å². The highest BCUT2D eigenvalue weighted by atomic mass is 16.5. The predicted molar refractivity (Wildman–Crippen MR) is 56.4 cm³/mol. The maximum atomic E-state index is 11.6. The third-order valence-electron chi connectivity index (χ3n) is 2.91. The zero-order valence-electron chi connectivity index (χ0n) is 8.59. The van der Waals surface area contributed by atoms with Crippen LogP contribution in [0.3, 0.4) is 0 Å². The first kappa shape index (κ1) is 9.53. The topological polar surface area (TPSA) is 75.7 Å². The van der Waals surface area contributed by atoms with E-state index in [4.69, 9.17) is 4.74 Å². The van der Waals surface area contributed by atoms with Crippen LogP contribution in [0.15, 0.2) is 31.5 Å². The minimum Gasteiger partial charge on any atom is -0.381 e. The summed E-state index contributed by atoms with van der Waals surface area (Å²) in [5.41, 5.74) is 1.22. The number of azo groups is 1. The van der Waals surface area contributed by atoms with Crippen molar-refractivity contribution in [3.63, 3.8) is 0 Å². The van der Waals surface area contributed by atoms with Crippen molar-refractivity contribution < 1.29 is 9.53 Å². The van der Waals surface area contributed by atoms with E-state index in [2.05, 4.69) is 20.2 Å². The van der Waals surface area contributed by atoms with Crippen molar-refractivity contribution in [2.45, 2.75) is 12.8 Å². The van der Waals surface area contributed by atoms with Crippen LogP contribution in [-0.4, -0.2) is 31.3 Å². The van der Waals surface area contributed by atoms with Gasteiger partial charge in [-0.1, -0.05) is 0 Å². The van der Waals surface area contributed by atoms with E-state index >= 15 is 0 Å². The highest BCUT2D eigenvalue weighted by Crippen LogP contribution is 2.32. The average Bonchev–Trinajstić information content (AvgIpc) is 2.75. The molecule has 0 radical (unpaired) electrons. The van der Waals surface area contributed by atoms with Gasteiger partial charge in [0.05, 0.1) is 5.70 Å². The fraction of sp³-hybridized carbons (Fsp3) is 0.500. The van der Waals surface area contributed by atoms with Crippen LogP contribution in [0.1, 0.15) is 12.8 Å². The third kappa shape index (κ3) is 1.42. The van der Waals surface area contributed by atoms with Crippen LogP contribution < -0.4 is 0 Å². The number of carbonyl (C=O) groups excluding carboxylic acids is 1. The Morgan fingerprint density at radius 2 is 2.06 bits per heavy atom. The second-order valence-corrected chi connectivity index (χ2v) is 3.85. The third-order valence-corrected chi connectivity index (χ3v) is 2.91. The van der Waals surface area contributed by atoms with E-state index in [1.807, 2.05) is 0 Å². The number of fused-ring (bicyclic) bond motifs is 1. The first-order chi connectivity index (χ1) is 7.86. The molecule has 0 aliphatic carbocycles. The summed E-state index contributed by atoms with van der Waals surface area (Å²) < 4.78 is 5.28. The summed E-state index contributed by atoms with van der Waals surface area (Å²) in [6, 6.07) is 0. The van der Waals surface area contributed by atoms with Crippen molar-refractivity contribution >= 4 is 18.1 Å². The van der Waals surface area contributed by atoms with Crippen LogP contribution in [0.5, 0.6) is 0 Å². The number of hydrogen-bond donors (Lipinski definition) is 0. The number of allylic oxidation sites excluding steroid dienone is 1. The van der Waals surface area contributed by atoms with E-state index < -0.39 is 0 Å². The van der Waals surface area contributed by atoms with E-state index in [1.54, 1.807) is 0 Å².